The second-order valence-electron chi connectivity index (χ2n) is 5.08. The van der Waals surface area contributed by atoms with Crippen LogP contribution in [0.1, 0.15) is 26.3 Å². The molecule has 0 aliphatic heterocycles. The van der Waals surface area contributed by atoms with E-state index in [0.717, 1.165) is 16.6 Å². The van der Waals surface area contributed by atoms with E-state index in [0.29, 0.717) is 11.8 Å². The quantitative estimate of drug-likeness (QED) is 0.701. The summed E-state index contributed by atoms with van der Waals surface area (Å²) in [5.41, 5.74) is 1.36. The third-order valence-electron chi connectivity index (χ3n) is 3.55. The summed E-state index contributed by atoms with van der Waals surface area (Å²) in [5, 5.41) is 0. The lowest BCUT2D eigenvalue weighted by molar-refractivity contribution is 0.253. The maximum atomic E-state index is 6.13. The van der Waals surface area contributed by atoms with Crippen molar-refractivity contribution in [3.05, 3.63) is 28.2 Å². The van der Waals surface area contributed by atoms with Crippen LogP contribution in [0.2, 0.25) is 0 Å². The first-order valence-corrected chi connectivity index (χ1v) is 7.14. The highest BCUT2D eigenvalue weighted by molar-refractivity contribution is 9.10. The van der Waals surface area contributed by atoms with Gasteiger partial charge in [0.05, 0.1) is 7.11 Å². The van der Waals surface area contributed by atoms with E-state index in [9.17, 15) is 0 Å². The maximum absolute atomic E-state index is 6.13. The van der Waals surface area contributed by atoms with Crippen LogP contribution in [0.5, 0.6) is 5.75 Å². The van der Waals surface area contributed by atoms with E-state index in [4.69, 9.17) is 16.3 Å². The van der Waals surface area contributed by atoms with Crippen LogP contribution < -0.4 is 4.74 Å². The van der Waals surface area contributed by atoms with Crippen molar-refractivity contribution in [2.45, 2.75) is 27.2 Å². The zero-order valence-electron chi connectivity index (χ0n) is 10.9. The molecular weight excluding hydrogens is 300 g/mol. The van der Waals surface area contributed by atoms with Crippen molar-refractivity contribution in [3.8, 4) is 5.75 Å². The van der Waals surface area contributed by atoms with Gasteiger partial charge in [-0.1, -0.05) is 36.7 Å². The van der Waals surface area contributed by atoms with Crippen LogP contribution in [0.25, 0.3) is 0 Å². The number of alkyl halides is 1. The van der Waals surface area contributed by atoms with Crippen LogP contribution in [0, 0.1) is 11.3 Å². The first-order chi connectivity index (χ1) is 7.92. The van der Waals surface area contributed by atoms with Gasteiger partial charge >= 0.3 is 0 Å². The Morgan fingerprint density at radius 1 is 1.41 bits per heavy atom. The average molecular weight is 320 g/mol. The molecule has 17 heavy (non-hydrogen) atoms. The summed E-state index contributed by atoms with van der Waals surface area (Å²) in [7, 11) is 1.69. The normalized spacial score (nSPS) is 14.8. The highest BCUT2D eigenvalue weighted by Gasteiger charge is 2.28. The lowest BCUT2D eigenvalue weighted by atomic mass is 9.76. The molecule has 1 rings (SSSR count). The first kappa shape index (κ1) is 14.8. The highest BCUT2D eigenvalue weighted by Crippen LogP contribution is 2.35. The summed E-state index contributed by atoms with van der Waals surface area (Å²) in [4.78, 5) is 0. The van der Waals surface area contributed by atoms with Gasteiger partial charge in [0.25, 0.3) is 0 Å². The molecule has 1 aromatic carbocycles. The van der Waals surface area contributed by atoms with E-state index in [1.54, 1.807) is 7.11 Å². The minimum atomic E-state index is 0.108. The molecular formula is C14H20BrClO. The van der Waals surface area contributed by atoms with Gasteiger partial charge in [0.1, 0.15) is 5.75 Å². The Bertz CT molecular complexity index is 378. The minimum Gasteiger partial charge on any atom is -0.497 e. The number of hydrogen-bond acceptors (Lipinski definition) is 1. The van der Waals surface area contributed by atoms with E-state index < -0.39 is 0 Å². The molecule has 1 unspecified atom stereocenters. The molecule has 0 aromatic heterocycles. The van der Waals surface area contributed by atoms with Crippen molar-refractivity contribution in [1.82, 2.24) is 0 Å². The van der Waals surface area contributed by atoms with E-state index in [-0.39, 0.29) is 5.41 Å². The molecule has 0 spiro atoms. The van der Waals surface area contributed by atoms with Gasteiger partial charge in [0, 0.05) is 10.4 Å². The third-order valence-corrected chi connectivity index (χ3v) is 4.93. The predicted octanol–water partition coefficient (Wildman–Crippen LogP) is 4.90. The minimum absolute atomic E-state index is 0.108. The standard InChI is InChI=1S/C14H20BrClO/c1-10(2)14(3,9-16)8-11-7-12(17-4)5-6-13(11)15/h5-7,10H,8-9H2,1-4H3. The van der Waals surface area contributed by atoms with Crippen molar-refractivity contribution >= 4 is 27.5 Å². The zero-order valence-corrected chi connectivity index (χ0v) is 13.2. The SMILES string of the molecule is COc1ccc(Br)c(CC(C)(CCl)C(C)C)c1. The second-order valence-corrected chi connectivity index (χ2v) is 6.20. The van der Waals surface area contributed by atoms with Gasteiger partial charge in [-0.3, -0.25) is 0 Å². The van der Waals surface area contributed by atoms with Gasteiger partial charge in [0.2, 0.25) is 0 Å². The van der Waals surface area contributed by atoms with Gasteiger partial charge in [0.15, 0.2) is 0 Å². The smallest absolute Gasteiger partial charge is 0.119 e. The molecule has 0 heterocycles. The fourth-order valence-corrected chi connectivity index (χ4v) is 2.44. The maximum Gasteiger partial charge on any atom is 0.119 e. The van der Waals surface area contributed by atoms with Gasteiger partial charge in [-0.25, -0.2) is 0 Å². The number of rotatable bonds is 5. The molecule has 0 aliphatic rings. The monoisotopic (exact) mass is 318 g/mol. The second kappa shape index (κ2) is 6.10. The zero-order chi connectivity index (χ0) is 13.1. The summed E-state index contributed by atoms with van der Waals surface area (Å²) in [6.45, 7) is 6.67. The lowest BCUT2D eigenvalue weighted by Gasteiger charge is -2.32. The highest BCUT2D eigenvalue weighted by atomic mass is 79.9. The summed E-state index contributed by atoms with van der Waals surface area (Å²) in [6, 6.07) is 6.07. The number of methoxy groups -OCH3 is 1. The fourth-order valence-electron chi connectivity index (χ4n) is 1.65. The summed E-state index contributed by atoms with van der Waals surface area (Å²) in [6.07, 6.45) is 0.950. The van der Waals surface area contributed by atoms with Crippen molar-refractivity contribution in [2.24, 2.45) is 11.3 Å². The molecule has 1 atom stereocenters. The van der Waals surface area contributed by atoms with Gasteiger partial charge in [-0.05, 0) is 41.5 Å². The number of benzene rings is 1. The van der Waals surface area contributed by atoms with Crippen LogP contribution in [0.4, 0.5) is 0 Å². The van der Waals surface area contributed by atoms with Crippen molar-refractivity contribution in [1.29, 1.82) is 0 Å². The van der Waals surface area contributed by atoms with Crippen LogP contribution in [0.15, 0.2) is 22.7 Å². The Labute approximate surface area is 118 Å². The van der Waals surface area contributed by atoms with Gasteiger partial charge in [-0.2, -0.15) is 0 Å². The molecule has 1 nitrogen and oxygen atoms in total. The Kier molecular flexibility index (Phi) is 5.33. The van der Waals surface area contributed by atoms with Crippen LogP contribution in [-0.2, 0) is 6.42 Å². The molecule has 0 saturated carbocycles. The summed E-state index contributed by atoms with van der Waals surface area (Å²) >= 11 is 9.73. The molecule has 0 radical (unpaired) electrons. The molecule has 96 valence electrons. The molecule has 0 N–H and O–H groups in total. The number of hydrogen-bond donors (Lipinski definition) is 0. The average Bonchev–Trinajstić information content (AvgIpc) is 2.31. The van der Waals surface area contributed by atoms with E-state index in [2.05, 4.69) is 42.8 Å². The number of ether oxygens (including phenoxy) is 1. The molecule has 1 aromatic rings. The molecule has 0 fully saturated rings. The van der Waals surface area contributed by atoms with Gasteiger partial charge < -0.3 is 4.74 Å². The first-order valence-electron chi connectivity index (χ1n) is 5.81. The topological polar surface area (TPSA) is 9.23 Å². The van der Waals surface area contributed by atoms with Crippen LogP contribution in [0.3, 0.4) is 0 Å². The van der Waals surface area contributed by atoms with Crippen molar-refractivity contribution in [3.63, 3.8) is 0 Å². The van der Waals surface area contributed by atoms with E-state index in [1.165, 1.54) is 5.56 Å². The van der Waals surface area contributed by atoms with Crippen molar-refractivity contribution in [2.75, 3.05) is 13.0 Å². The number of halogens is 2. The Morgan fingerprint density at radius 2 is 2.06 bits per heavy atom. The molecule has 3 heteroatoms. The fraction of sp³-hybridized carbons (Fsp3) is 0.571. The van der Waals surface area contributed by atoms with Gasteiger partial charge in [-0.15, -0.1) is 11.6 Å². The molecule has 0 aliphatic carbocycles. The van der Waals surface area contributed by atoms with E-state index >= 15 is 0 Å². The summed E-state index contributed by atoms with van der Waals surface area (Å²) in [5.74, 6) is 2.09. The Balaban J connectivity index is 3.00. The molecule has 0 amide bonds. The Morgan fingerprint density at radius 3 is 2.53 bits per heavy atom. The van der Waals surface area contributed by atoms with E-state index in [1.807, 2.05) is 12.1 Å². The predicted molar refractivity (Wildman–Crippen MR) is 78.1 cm³/mol. The lowest BCUT2D eigenvalue weighted by Crippen LogP contribution is -2.28. The van der Waals surface area contributed by atoms with Crippen LogP contribution >= 0.6 is 27.5 Å². The third kappa shape index (κ3) is 3.62. The molecule has 0 saturated heterocycles. The summed E-state index contributed by atoms with van der Waals surface area (Å²) < 4.78 is 6.39. The van der Waals surface area contributed by atoms with Crippen molar-refractivity contribution < 1.29 is 4.74 Å². The molecule has 0 bridgehead atoms. The van der Waals surface area contributed by atoms with Crippen LogP contribution in [-0.4, -0.2) is 13.0 Å². The largest absolute Gasteiger partial charge is 0.497 e. The Hall–Kier alpha value is -0.210.